The summed E-state index contributed by atoms with van der Waals surface area (Å²) < 4.78 is 10.6. The van der Waals surface area contributed by atoms with E-state index < -0.39 is 23.5 Å². The number of amides is 2. The van der Waals surface area contributed by atoms with Gasteiger partial charge in [-0.05, 0) is 47.4 Å². The number of piperidine rings is 1. The summed E-state index contributed by atoms with van der Waals surface area (Å²) in [6.07, 6.45) is 1.06. The topological polar surface area (TPSA) is 105 Å². The molecular weight excluding hydrogens is 448 g/mol. The Balaban J connectivity index is 1.33. The van der Waals surface area contributed by atoms with Crippen LogP contribution in [0.4, 0.5) is 4.79 Å². The first-order valence-electron chi connectivity index (χ1n) is 11.6. The predicted molar refractivity (Wildman–Crippen MR) is 129 cm³/mol. The molecule has 0 spiro atoms. The van der Waals surface area contributed by atoms with Crippen molar-refractivity contribution in [3.8, 4) is 23.0 Å². The van der Waals surface area contributed by atoms with Crippen LogP contribution in [0.25, 0.3) is 11.1 Å². The molecule has 8 nitrogen and oxygen atoms in total. The summed E-state index contributed by atoms with van der Waals surface area (Å²) >= 11 is 0. The van der Waals surface area contributed by atoms with Gasteiger partial charge in [-0.1, -0.05) is 54.5 Å². The lowest BCUT2D eigenvalue weighted by atomic mass is 9.87. The Kier molecular flexibility index (Phi) is 7.37. The average molecular weight is 477 g/mol. The molecule has 1 aliphatic carbocycles. The second-order valence-corrected chi connectivity index (χ2v) is 8.66. The van der Waals surface area contributed by atoms with Crippen molar-refractivity contribution in [3.63, 3.8) is 0 Å². The van der Waals surface area contributed by atoms with Gasteiger partial charge in [0.25, 0.3) is 5.91 Å². The molecule has 0 radical (unpaired) electrons. The number of nitrogens with one attached hydrogen (secondary N) is 1. The lowest BCUT2D eigenvalue weighted by Gasteiger charge is -2.42. The van der Waals surface area contributed by atoms with Gasteiger partial charge in [-0.15, -0.1) is 0 Å². The maximum atomic E-state index is 12.7. The van der Waals surface area contributed by atoms with Crippen molar-refractivity contribution in [1.29, 1.82) is 0 Å². The Morgan fingerprint density at radius 3 is 2.37 bits per heavy atom. The van der Waals surface area contributed by atoms with Crippen molar-refractivity contribution in [2.45, 2.75) is 30.7 Å². The van der Waals surface area contributed by atoms with E-state index in [-0.39, 0.29) is 25.7 Å². The summed E-state index contributed by atoms with van der Waals surface area (Å²) in [4.78, 5) is 38.1. The molecule has 0 saturated carbocycles. The van der Waals surface area contributed by atoms with Crippen LogP contribution in [-0.2, 0) is 19.1 Å². The van der Waals surface area contributed by atoms with Crippen molar-refractivity contribution in [3.05, 3.63) is 59.7 Å². The normalized spacial score (nSPS) is 18.6. The number of carboxylic acids is 1. The van der Waals surface area contributed by atoms with Gasteiger partial charge in [0, 0.05) is 19.6 Å². The standard InChI is InChI=1S/C27H28N2O6/c1-34-18-27(25(31)32)14-6-7-16-29(27)24(30)13-8-15-28-26(33)35-17-23-21-11-4-2-9-19(21)20-10-3-5-12-22(20)23/h2-5,9-12,23H,6-7,14-18H2,1H3,(H,28,33)(H,31,32). The van der Waals surface area contributed by atoms with Crippen LogP contribution in [0.3, 0.4) is 0 Å². The highest BCUT2D eigenvalue weighted by Gasteiger charge is 2.48. The zero-order chi connectivity index (χ0) is 24.8. The number of carbonyl (C=O) groups excluding carboxylic acids is 2. The fourth-order valence-corrected chi connectivity index (χ4v) is 4.96. The molecule has 1 heterocycles. The highest BCUT2D eigenvalue weighted by molar-refractivity contribution is 5.97. The minimum Gasteiger partial charge on any atom is -0.479 e. The highest BCUT2D eigenvalue weighted by atomic mass is 16.5. The van der Waals surface area contributed by atoms with E-state index in [0.717, 1.165) is 22.3 Å². The molecule has 2 amide bonds. The van der Waals surface area contributed by atoms with Crippen LogP contribution in [0.1, 0.15) is 36.3 Å². The van der Waals surface area contributed by atoms with E-state index in [1.54, 1.807) is 0 Å². The Hall–Kier alpha value is -3.83. The van der Waals surface area contributed by atoms with Crippen LogP contribution in [0.2, 0.25) is 0 Å². The molecule has 35 heavy (non-hydrogen) atoms. The predicted octanol–water partition coefficient (Wildman–Crippen LogP) is 3.01. The molecule has 1 aliphatic heterocycles. The van der Waals surface area contributed by atoms with Crippen LogP contribution in [0, 0.1) is 11.8 Å². The number of hydrogen-bond donors (Lipinski definition) is 2. The van der Waals surface area contributed by atoms with Crippen LogP contribution < -0.4 is 5.32 Å². The van der Waals surface area contributed by atoms with Crippen LogP contribution in [0.5, 0.6) is 0 Å². The maximum absolute atomic E-state index is 12.7. The second-order valence-electron chi connectivity index (χ2n) is 8.66. The summed E-state index contributed by atoms with van der Waals surface area (Å²) in [5.41, 5.74) is 3.10. The first kappa shape index (κ1) is 24.3. The third kappa shape index (κ3) is 4.86. The van der Waals surface area contributed by atoms with Gasteiger partial charge >= 0.3 is 12.1 Å². The molecule has 0 aromatic heterocycles. The van der Waals surface area contributed by atoms with Gasteiger partial charge in [0.2, 0.25) is 0 Å². The SMILES string of the molecule is COCC1(C(=O)O)CCCCN1C(=O)C#CCNC(=O)OCC1c2ccccc2-c2ccccc21. The number of alkyl carbamates (subject to hydrolysis) is 1. The van der Waals surface area contributed by atoms with E-state index in [4.69, 9.17) is 9.47 Å². The smallest absolute Gasteiger partial charge is 0.407 e. The fraction of sp³-hybridized carbons (Fsp3) is 0.370. The van der Waals surface area contributed by atoms with Gasteiger partial charge in [0.15, 0.2) is 5.54 Å². The first-order chi connectivity index (χ1) is 17.0. The molecule has 182 valence electrons. The number of likely N-dealkylation sites (tertiary alicyclic amines) is 1. The van der Waals surface area contributed by atoms with E-state index in [0.29, 0.717) is 25.8 Å². The number of carbonyl (C=O) groups is 3. The largest absolute Gasteiger partial charge is 0.479 e. The Labute approximate surface area is 204 Å². The number of methoxy groups -OCH3 is 1. The molecule has 4 rings (SSSR count). The van der Waals surface area contributed by atoms with Crippen molar-refractivity contribution in [2.24, 2.45) is 0 Å². The molecule has 2 aliphatic rings. The minimum absolute atomic E-state index is 0.0511. The third-order valence-corrected chi connectivity index (χ3v) is 6.63. The fourth-order valence-electron chi connectivity index (χ4n) is 4.96. The van der Waals surface area contributed by atoms with Crippen molar-refractivity contribution >= 4 is 18.0 Å². The zero-order valence-electron chi connectivity index (χ0n) is 19.6. The number of rotatable bonds is 6. The number of nitrogens with zero attached hydrogens (tertiary/aromatic N) is 1. The summed E-state index contributed by atoms with van der Waals surface area (Å²) in [7, 11) is 1.41. The summed E-state index contributed by atoms with van der Waals surface area (Å²) in [5, 5.41) is 12.3. The second kappa shape index (κ2) is 10.6. The van der Waals surface area contributed by atoms with Crippen molar-refractivity contribution in [1.82, 2.24) is 10.2 Å². The average Bonchev–Trinajstić information content (AvgIpc) is 3.19. The maximum Gasteiger partial charge on any atom is 0.407 e. The Bertz CT molecular complexity index is 1130. The number of carboxylic acid groups (broad SMARTS) is 1. The molecule has 1 saturated heterocycles. The summed E-state index contributed by atoms with van der Waals surface area (Å²) in [5.74, 6) is 3.30. The molecule has 1 unspecified atom stereocenters. The highest BCUT2D eigenvalue weighted by Crippen LogP contribution is 2.44. The Morgan fingerprint density at radius 2 is 1.74 bits per heavy atom. The van der Waals surface area contributed by atoms with E-state index in [2.05, 4.69) is 29.3 Å². The van der Waals surface area contributed by atoms with Gasteiger partial charge in [-0.25, -0.2) is 9.59 Å². The van der Waals surface area contributed by atoms with Gasteiger partial charge < -0.3 is 24.8 Å². The summed E-state index contributed by atoms with van der Waals surface area (Å²) in [6, 6.07) is 16.1. The lowest BCUT2D eigenvalue weighted by Crippen LogP contribution is -2.61. The molecule has 2 aromatic carbocycles. The van der Waals surface area contributed by atoms with Gasteiger partial charge in [-0.2, -0.15) is 0 Å². The molecule has 2 aromatic rings. The monoisotopic (exact) mass is 476 g/mol. The Morgan fingerprint density at radius 1 is 1.09 bits per heavy atom. The molecule has 1 atom stereocenters. The van der Waals surface area contributed by atoms with Crippen LogP contribution in [-0.4, -0.2) is 66.9 Å². The number of ether oxygens (including phenoxy) is 2. The molecular formula is C27H28N2O6. The van der Waals surface area contributed by atoms with Gasteiger partial charge in [-0.3, -0.25) is 4.79 Å². The zero-order valence-corrected chi connectivity index (χ0v) is 19.6. The summed E-state index contributed by atoms with van der Waals surface area (Å²) in [6.45, 7) is 0.273. The van der Waals surface area contributed by atoms with Gasteiger partial charge in [0.05, 0.1) is 13.2 Å². The lowest BCUT2D eigenvalue weighted by molar-refractivity contribution is -0.164. The quantitative estimate of drug-likeness (QED) is 0.621. The molecule has 8 heteroatoms. The van der Waals surface area contributed by atoms with Crippen molar-refractivity contribution < 1.29 is 29.0 Å². The van der Waals surface area contributed by atoms with E-state index >= 15 is 0 Å². The molecule has 2 N–H and O–H groups in total. The van der Waals surface area contributed by atoms with E-state index in [1.807, 2.05) is 36.4 Å². The first-order valence-corrected chi connectivity index (χ1v) is 11.6. The van der Waals surface area contributed by atoms with Gasteiger partial charge in [0.1, 0.15) is 6.61 Å². The van der Waals surface area contributed by atoms with Crippen LogP contribution in [0.15, 0.2) is 48.5 Å². The van der Waals surface area contributed by atoms with E-state index in [9.17, 15) is 19.5 Å². The van der Waals surface area contributed by atoms with Crippen LogP contribution >= 0.6 is 0 Å². The number of aliphatic carboxylic acids is 1. The molecule has 0 bridgehead atoms. The third-order valence-electron chi connectivity index (χ3n) is 6.63. The number of benzene rings is 2. The molecule has 1 fully saturated rings. The minimum atomic E-state index is -1.42. The van der Waals surface area contributed by atoms with Crippen molar-refractivity contribution in [2.75, 3.05) is 33.4 Å². The number of hydrogen-bond acceptors (Lipinski definition) is 5. The van der Waals surface area contributed by atoms with E-state index in [1.165, 1.54) is 12.0 Å². The number of fused-ring (bicyclic) bond motifs is 3.